The van der Waals surface area contributed by atoms with E-state index < -0.39 is 0 Å². The number of aliphatic imine (C=N–C) groups is 1. The highest BCUT2D eigenvalue weighted by Gasteiger charge is 2.27. The zero-order chi connectivity index (χ0) is 18.2. The number of carbonyl (C=O) groups is 1. The van der Waals surface area contributed by atoms with Crippen LogP contribution in [0.3, 0.4) is 0 Å². The Morgan fingerprint density at radius 1 is 1.28 bits per heavy atom. The average molecular weight is 345 g/mol. The van der Waals surface area contributed by atoms with Crippen molar-refractivity contribution in [2.45, 2.75) is 53.1 Å². The zero-order valence-corrected chi connectivity index (χ0v) is 16.0. The van der Waals surface area contributed by atoms with E-state index >= 15 is 0 Å². The van der Waals surface area contributed by atoms with Crippen molar-refractivity contribution in [1.29, 1.82) is 0 Å². The van der Waals surface area contributed by atoms with Crippen LogP contribution in [0.5, 0.6) is 0 Å². The fourth-order valence-corrected chi connectivity index (χ4v) is 3.18. The summed E-state index contributed by atoms with van der Waals surface area (Å²) >= 11 is 0. The van der Waals surface area contributed by atoms with Crippen LogP contribution in [0.2, 0.25) is 0 Å². The van der Waals surface area contributed by atoms with E-state index in [9.17, 15) is 4.79 Å². The van der Waals surface area contributed by atoms with Crippen molar-refractivity contribution >= 4 is 11.9 Å². The SMILES string of the molecule is CCNC(=NCc1ccccc1CC)NC1CCN(C(=O)C(C)C)C1. The molecular weight excluding hydrogens is 312 g/mol. The Balaban J connectivity index is 1.98. The highest BCUT2D eigenvalue weighted by Crippen LogP contribution is 2.13. The number of benzene rings is 1. The molecule has 0 radical (unpaired) electrons. The number of likely N-dealkylation sites (tertiary alicyclic amines) is 1. The topological polar surface area (TPSA) is 56.7 Å². The van der Waals surface area contributed by atoms with Crippen LogP contribution in [-0.2, 0) is 17.8 Å². The van der Waals surface area contributed by atoms with Gasteiger partial charge < -0.3 is 15.5 Å². The van der Waals surface area contributed by atoms with Gasteiger partial charge in [-0.25, -0.2) is 4.99 Å². The Hall–Kier alpha value is -2.04. The normalized spacial score (nSPS) is 17.9. The first-order valence-corrected chi connectivity index (χ1v) is 9.45. The van der Waals surface area contributed by atoms with E-state index in [-0.39, 0.29) is 17.9 Å². The summed E-state index contributed by atoms with van der Waals surface area (Å²) in [6.45, 7) is 11.2. The van der Waals surface area contributed by atoms with E-state index in [0.29, 0.717) is 6.54 Å². The van der Waals surface area contributed by atoms with E-state index in [1.807, 2.05) is 18.7 Å². The minimum absolute atomic E-state index is 0.0613. The number of guanidine groups is 1. The van der Waals surface area contributed by atoms with Gasteiger partial charge in [-0.3, -0.25) is 4.79 Å². The van der Waals surface area contributed by atoms with Gasteiger partial charge in [0, 0.05) is 31.6 Å². The van der Waals surface area contributed by atoms with Crippen molar-refractivity contribution in [2.24, 2.45) is 10.9 Å². The van der Waals surface area contributed by atoms with Gasteiger partial charge in [0.2, 0.25) is 5.91 Å². The number of hydrogen-bond donors (Lipinski definition) is 2. The van der Waals surface area contributed by atoms with Gasteiger partial charge in [0.25, 0.3) is 0 Å². The number of carbonyl (C=O) groups excluding carboxylic acids is 1. The van der Waals surface area contributed by atoms with E-state index in [0.717, 1.165) is 38.4 Å². The van der Waals surface area contributed by atoms with Crippen LogP contribution in [-0.4, -0.2) is 42.4 Å². The van der Waals surface area contributed by atoms with E-state index in [4.69, 9.17) is 4.99 Å². The molecule has 1 atom stereocenters. The van der Waals surface area contributed by atoms with Crippen molar-refractivity contribution < 1.29 is 4.79 Å². The Bertz CT molecular complexity index is 597. The summed E-state index contributed by atoms with van der Waals surface area (Å²) in [5.41, 5.74) is 2.61. The monoisotopic (exact) mass is 344 g/mol. The summed E-state index contributed by atoms with van der Waals surface area (Å²) in [6.07, 6.45) is 1.99. The van der Waals surface area contributed by atoms with Gasteiger partial charge in [-0.15, -0.1) is 0 Å². The lowest BCUT2D eigenvalue weighted by atomic mass is 10.1. The van der Waals surface area contributed by atoms with Crippen LogP contribution in [0.1, 0.15) is 45.2 Å². The molecule has 1 aromatic rings. The van der Waals surface area contributed by atoms with Crippen molar-refractivity contribution in [3.05, 3.63) is 35.4 Å². The molecule has 0 aromatic heterocycles. The van der Waals surface area contributed by atoms with Gasteiger partial charge in [0.05, 0.1) is 6.54 Å². The predicted molar refractivity (Wildman–Crippen MR) is 104 cm³/mol. The van der Waals surface area contributed by atoms with Crippen molar-refractivity contribution in [3.63, 3.8) is 0 Å². The van der Waals surface area contributed by atoms with E-state index in [1.54, 1.807) is 0 Å². The maximum atomic E-state index is 12.1. The third-order valence-electron chi connectivity index (χ3n) is 4.59. The second kappa shape index (κ2) is 9.44. The van der Waals surface area contributed by atoms with Crippen LogP contribution in [0.4, 0.5) is 0 Å². The van der Waals surface area contributed by atoms with Crippen LogP contribution < -0.4 is 10.6 Å². The van der Waals surface area contributed by atoms with Crippen LogP contribution in [0.25, 0.3) is 0 Å². The minimum atomic E-state index is 0.0613. The summed E-state index contributed by atoms with van der Waals surface area (Å²) in [5.74, 6) is 1.13. The van der Waals surface area contributed by atoms with Gasteiger partial charge >= 0.3 is 0 Å². The van der Waals surface area contributed by atoms with Crippen molar-refractivity contribution in [2.75, 3.05) is 19.6 Å². The van der Waals surface area contributed by atoms with Crippen molar-refractivity contribution in [3.8, 4) is 0 Å². The minimum Gasteiger partial charge on any atom is -0.357 e. The Morgan fingerprint density at radius 3 is 2.64 bits per heavy atom. The first-order valence-electron chi connectivity index (χ1n) is 9.45. The van der Waals surface area contributed by atoms with E-state index in [2.05, 4.69) is 48.7 Å². The number of aryl methyl sites for hydroxylation is 1. The molecule has 2 N–H and O–H groups in total. The van der Waals surface area contributed by atoms with Gasteiger partial charge in [-0.1, -0.05) is 45.0 Å². The largest absolute Gasteiger partial charge is 0.357 e. The predicted octanol–water partition coefficient (Wildman–Crippen LogP) is 2.56. The smallest absolute Gasteiger partial charge is 0.225 e. The summed E-state index contributed by atoms with van der Waals surface area (Å²) in [7, 11) is 0. The molecule has 1 aliphatic heterocycles. The Morgan fingerprint density at radius 2 is 2.00 bits per heavy atom. The second-order valence-electron chi connectivity index (χ2n) is 6.89. The lowest BCUT2D eigenvalue weighted by Crippen LogP contribution is -2.45. The molecule has 25 heavy (non-hydrogen) atoms. The summed E-state index contributed by atoms with van der Waals surface area (Å²) in [4.78, 5) is 18.8. The molecular formula is C20H32N4O. The third kappa shape index (κ3) is 5.48. The Labute approximate surface area is 151 Å². The molecule has 1 fully saturated rings. The average Bonchev–Trinajstić information content (AvgIpc) is 3.07. The van der Waals surface area contributed by atoms with Gasteiger partial charge in [0.15, 0.2) is 5.96 Å². The Kier molecular flexibility index (Phi) is 7.29. The molecule has 1 aliphatic rings. The summed E-state index contributed by atoms with van der Waals surface area (Å²) in [6, 6.07) is 8.72. The quantitative estimate of drug-likeness (QED) is 0.616. The molecule has 5 heteroatoms. The first-order chi connectivity index (χ1) is 12.0. The molecule has 1 saturated heterocycles. The fourth-order valence-electron chi connectivity index (χ4n) is 3.18. The molecule has 0 spiro atoms. The number of hydrogen-bond acceptors (Lipinski definition) is 2. The number of amides is 1. The first kappa shape index (κ1) is 19.3. The maximum Gasteiger partial charge on any atom is 0.225 e. The fraction of sp³-hybridized carbons (Fsp3) is 0.600. The highest BCUT2D eigenvalue weighted by atomic mass is 16.2. The molecule has 5 nitrogen and oxygen atoms in total. The third-order valence-corrected chi connectivity index (χ3v) is 4.59. The molecule has 1 aromatic carbocycles. The molecule has 0 aliphatic carbocycles. The van der Waals surface area contributed by atoms with Gasteiger partial charge in [-0.05, 0) is 30.9 Å². The lowest BCUT2D eigenvalue weighted by molar-refractivity contribution is -0.133. The van der Waals surface area contributed by atoms with Crippen LogP contribution >= 0.6 is 0 Å². The highest BCUT2D eigenvalue weighted by molar-refractivity contribution is 5.81. The number of nitrogens with zero attached hydrogens (tertiary/aromatic N) is 2. The van der Waals surface area contributed by atoms with Crippen LogP contribution in [0, 0.1) is 5.92 Å². The zero-order valence-electron chi connectivity index (χ0n) is 16.0. The molecule has 1 unspecified atom stereocenters. The van der Waals surface area contributed by atoms with Gasteiger partial charge in [-0.2, -0.15) is 0 Å². The molecule has 1 amide bonds. The lowest BCUT2D eigenvalue weighted by Gasteiger charge is -2.20. The second-order valence-corrected chi connectivity index (χ2v) is 6.89. The molecule has 138 valence electrons. The molecule has 1 heterocycles. The van der Waals surface area contributed by atoms with Gasteiger partial charge in [0.1, 0.15) is 0 Å². The number of rotatable bonds is 6. The number of nitrogens with one attached hydrogen (secondary N) is 2. The summed E-state index contributed by atoms with van der Waals surface area (Å²) < 4.78 is 0. The summed E-state index contributed by atoms with van der Waals surface area (Å²) in [5, 5.41) is 6.81. The standard InChI is InChI=1S/C20H32N4O/c1-5-16-9-7-8-10-17(16)13-22-20(21-6-2)23-18-11-12-24(14-18)19(25)15(3)4/h7-10,15,18H,5-6,11-14H2,1-4H3,(H2,21,22,23). The molecule has 0 bridgehead atoms. The van der Waals surface area contributed by atoms with Crippen LogP contribution in [0.15, 0.2) is 29.3 Å². The molecule has 2 rings (SSSR count). The maximum absolute atomic E-state index is 12.1. The van der Waals surface area contributed by atoms with Crippen molar-refractivity contribution in [1.82, 2.24) is 15.5 Å². The van der Waals surface area contributed by atoms with E-state index in [1.165, 1.54) is 11.1 Å². The molecule has 0 saturated carbocycles.